The molecule has 25 heavy (non-hydrogen) atoms. The molecule has 1 atom stereocenters. The maximum absolute atomic E-state index is 12.2. The van der Waals surface area contributed by atoms with Crippen LogP contribution in [0.2, 0.25) is 0 Å². The van der Waals surface area contributed by atoms with Crippen LogP contribution < -0.4 is 15.5 Å². The molecule has 0 saturated carbocycles. The van der Waals surface area contributed by atoms with Gasteiger partial charge in [0.2, 0.25) is 5.91 Å². The Morgan fingerprint density at radius 2 is 1.88 bits per heavy atom. The average molecular weight is 385 g/mol. The van der Waals surface area contributed by atoms with E-state index in [0.29, 0.717) is 19.6 Å². The smallest absolute Gasteiger partial charge is 0.239 e. The monoisotopic (exact) mass is 384 g/mol. The fourth-order valence-corrected chi connectivity index (χ4v) is 2.19. The number of aromatic nitrogens is 1. The van der Waals surface area contributed by atoms with Crippen molar-refractivity contribution in [2.24, 2.45) is 0 Å². The van der Waals surface area contributed by atoms with E-state index in [9.17, 15) is 4.79 Å². The first-order valence-corrected chi connectivity index (χ1v) is 7.82. The van der Waals surface area contributed by atoms with E-state index in [1.165, 1.54) is 0 Å². The number of carbonyl (C=O) groups excluding carboxylic acids is 1. The van der Waals surface area contributed by atoms with Crippen molar-refractivity contribution in [1.29, 1.82) is 0 Å². The zero-order chi connectivity index (χ0) is 16.5. The van der Waals surface area contributed by atoms with Crippen molar-refractivity contribution in [2.45, 2.75) is 19.5 Å². The molecule has 2 rings (SSSR count). The van der Waals surface area contributed by atoms with Crippen LogP contribution in [0.5, 0.6) is 0 Å². The molecule has 0 radical (unpaired) electrons. The first-order chi connectivity index (χ1) is 11.2. The number of nitrogens with zero attached hydrogens (tertiary/aromatic N) is 2. The summed E-state index contributed by atoms with van der Waals surface area (Å²) in [5, 5.41) is 6.07. The number of para-hydroxylation sites is 1. The highest BCUT2D eigenvalue weighted by atomic mass is 35.5. The number of benzene rings is 1. The molecule has 138 valence electrons. The molecule has 1 aromatic carbocycles. The SMILES string of the molecule is CNC(C)CNC(=O)CN(Cc1cccnc1)c1ccccc1.Cl.Cl. The lowest BCUT2D eigenvalue weighted by Crippen LogP contribution is -2.42. The second kappa shape index (κ2) is 12.5. The Hall–Kier alpha value is -1.82. The van der Waals surface area contributed by atoms with E-state index in [-0.39, 0.29) is 36.8 Å². The summed E-state index contributed by atoms with van der Waals surface area (Å²) in [7, 11) is 1.88. The number of likely N-dealkylation sites (N-methyl/N-ethyl adjacent to an activating group) is 1. The van der Waals surface area contributed by atoms with Crippen LogP contribution in [0.1, 0.15) is 12.5 Å². The van der Waals surface area contributed by atoms with E-state index in [2.05, 4.69) is 20.5 Å². The summed E-state index contributed by atoms with van der Waals surface area (Å²) < 4.78 is 0. The molecule has 1 aromatic heterocycles. The fraction of sp³-hybridized carbons (Fsp3) is 0.333. The highest BCUT2D eigenvalue weighted by molar-refractivity contribution is 5.85. The Morgan fingerprint density at radius 3 is 2.48 bits per heavy atom. The summed E-state index contributed by atoms with van der Waals surface area (Å²) in [6.07, 6.45) is 3.58. The lowest BCUT2D eigenvalue weighted by molar-refractivity contribution is -0.119. The molecule has 2 N–H and O–H groups in total. The number of nitrogens with one attached hydrogen (secondary N) is 2. The van der Waals surface area contributed by atoms with Crippen LogP contribution in [0, 0.1) is 0 Å². The Bertz CT molecular complexity index is 599. The van der Waals surface area contributed by atoms with Crippen molar-refractivity contribution < 1.29 is 4.79 Å². The van der Waals surface area contributed by atoms with E-state index in [0.717, 1.165) is 11.3 Å². The third-order valence-corrected chi connectivity index (χ3v) is 3.65. The highest BCUT2D eigenvalue weighted by Gasteiger charge is 2.12. The normalized spacial score (nSPS) is 10.8. The van der Waals surface area contributed by atoms with Gasteiger partial charge in [0.25, 0.3) is 0 Å². The van der Waals surface area contributed by atoms with Gasteiger partial charge in [-0.2, -0.15) is 0 Å². The van der Waals surface area contributed by atoms with Crippen LogP contribution in [-0.4, -0.2) is 37.1 Å². The molecule has 1 unspecified atom stereocenters. The van der Waals surface area contributed by atoms with Crippen molar-refractivity contribution in [3.05, 3.63) is 60.4 Å². The highest BCUT2D eigenvalue weighted by Crippen LogP contribution is 2.16. The first-order valence-electron chi connectivity index (χ1n) is 7.82. The Morgan fingerprint density at radius 1 is 1.16 bits per heavy atom. The summed E-state index contributed by atoms with van der Waals surface area (Å²) in [6.45, 7) is 3.61. The number of pyridine rings is 1. The maximum atomic E-state index is 12.2. The Labute approximate surface area is 162 Å². The van der Waals surface area contributed by atoms with Crippen LogP contribution in [-0.2, 0) is 11.3 Å². The van der Waals surface area contributed by atoms with E-state index in [1.807, 2.05) is 62.6 Å². The minimum atomic E-state index is 0. The zero-order valence-electron chi connectivity index (χ0n) is 14.5. The third-order valence-electron chi connectivity index (χ3n) is 3.65. The van der Waals surface area contributed by atoms with Gasteiger partial charge >= 0.3 is 0 Å². The number of hydrogen-bond acceptors (Lipinski definition) is 4. The summed E-state index contributed by atoms with van der Waals surface area (Å²) >= 11 is 0. The predicted octanol–water partition coefficient (Wildman–Crippen LogP) is 2.66. The van der Waals surface area contributed by atoms with Gasteiger partial charge in [-0.15, -0.1) is 24.8 Å². The van der Waals surface area contributed by atoms with Gasteiger partial charge < -0.3 is 15.5 Å². The molecule has 1 amide bonds. The van der Waals surface area contributed by atoms with Crippen LogP contribution in [0.25, 0.3) is 0 Å². The van der Waals surface area contributed by atoms with Gasteiger partial charge in [0.1, 0.15) is 0 Å². The average Bonchev–Trinajstić information content (AvgIpc) is 2.60. The molecule has 0 bridgehead atoms. The molecule has 2 aromatic rings. The Kier molecular flexibility index (Phi) is 11.6. The number of hydrogen-bond donors (Lipinski definition) is 2. The standard InChI is InChI=1S/C18H24N4O.2ClH/c1-15(19-2)11-21-18(23)14-22(17-8-4-3-5-9-17)13-16-7-6-10-20-12-16;;/h3-10,12,15,19H,11,13-14H2,1-2H3,(H,21,23);2*1H. The van der Waals surface area contributed by atoms with Gasteiger partial charge in [0.15, 0.2) is 0 Å². The minimum Gasteiger partial charge on any atom is -0.358 e. The number of rotatable bonds is 8. The minimum absolute atomic E-state index is 0. The van der Waals surface area contributed by atoms with E-state index in [1.54, 1.807) is 6.20 Å². The van der Waals surface area contributed by atoms with Crippen molar-refractivity contribution in [1.82, 2.24) is 15.6 Å². The second-order valence-corrected chi connectivity index (χ2v) is 5.55. The summed E-state index contributed by atoms with van der Waals surface area (Å²) in [5.74, 6) is 0.0137. The van der Waals surface area contributed by atoms with E-state index >= 15 is 0 Å². The molecule has 0 aliphatic rings. The number of amides is 1. The lowest BCUT2D eigenvalue weighted by Gasteiger charge is -2.24. The van der Waals surface area contributed by atoms with E-state index in [4.69, 9.17) is 0 Å². The van der Waals surface area contributed by atoms with Gasteiger partial charge in [-0.1, -0.05) is 24.3 Å². The topological polar surface area (TPSA) is 57.3 Å². The molecule has 5 nitrogen and oxygen atoms in total. The zero-order valence-corrected chi connectivity index (χ0v) is 16.1. The molecule has 0 fully saturated rings. The van der Waals surface area contributed by atoms with Gasteiger partial charge in [0.05, 0.1) is 6.54 Å². The maximum Gasteiger partial charge on any atom is 0.239 e. The predicted molar refractivity (Wildman–Crippen MR) is 108 cm³/mol. The molecular weight excluding hydrogens is 359 g/mol. The molecule has 0 aliphatic carbocycles. The van der Waals surface area contributed by atoms with Crippen molar-refractivity contribution >= 4 is 36.4 Å². The fourth-order valence-electron chi connectivity index (χ4n) is 2.19. The largest absolute Gasteiger partial charge is 0.358 e. The van der Waals surface area contributed by atoms with Crippen LogP contribution in [0.3, 0.4) is 0 Å². The molecule has 1 heterocycles. The van der Waals surface area contributed by atoms with Crippen LogP contribution in [0.15, 0.2) is 54.9 Å². The number of carbonyl (C=O) groups is 1. The first kappa shape index (κ1) is 23.2. The third kappa shape index (κ3) is 8.20. The van der Waals surface area contributed by atoms with Crippen molar-refractivity contribution in [3.8, 4) is 0 Å². The van der Waals surface area contributed by atoms with Crippen molar-refractivity contribution in [2.75, 3.05) is 25.0 Å². The van der Waals surface area contributed by atoms with Gasteiger partial charge in [-0.3, -0.25) is 9.78 Å². The second-order valence-electron chi connectivity index (χ2n) is 5.55. The lowest BCUT2D eigenvalue weighted by atomic mass is 10.2. The van der Waals surface area contributed by atoms with Gasteiger partial charge in [-0.05, 0) is 37.7 Å². The summed E-state index contributed by atoms with van der Waals surface area (Å²) in [5.41, 5.74) is 2.10. The molecule has 7 heteroatoms. The van der Waals surface area contributed by atoms with Gasteiger partial charge in [-0.25, -0.2) is 0 Å². The molecule has 0 spiro atoms. The Balaban J connectivity index is 0.00000288. The van der Waals surface area contributed by atoms with Crippen LogP contribution >= 0.6 is 24.8 Å². The molecule has 0 saturated heterocycles. The van der Waals surface area contributed by atoms with E-state index < -0.39 is 0 Å². The molecule has 0 aliphatic heterocycles. The van der Waals surface area contributed by atoms with Gasteiger partial charge in [0, 0.05) is 37.2 Å². The number of anilines is 1. The number of halogens is 2. The summed E-state index contributed by atoms with van der Waals surface area (Å²) in [4.78, 5) is 18.4. The quantitative estimate of drug-likeness (QED) is 0.734. The van der Waals surface area contributed by atoms with Crippen molar-refractivity contribution in [3.63, 3.8) is 0 Å². The molecular formula is C18H26Cl2N4O. The summed E-state index contributed by atoms with van der Waals surface area (Å²) in [6, 6.07) is 14.1. The van der Waals surface area contributed by atoms with Crippen LogP contribution in [0.4, 0.5) is 5.69 Å².